The minimum atomic E-state index is -1.12. The largest absolute Gasteiger partial charge is 0.507 e. The molecule has 30 heavy (non-hydrogen) atoms. The van der Waals surface area contributed by atoms with Crippen LogP contribution in [0.1, 0.15) is 28.9 Å². The Hall–Kier alpha value is -3.62. The number of aromatic carboxylic acids is 1. The molecule has 3 N–H and O–H groups in total. The zero-order chi connectivity index (χ0) is 21.3. The Balaban J connectivity index is 1.52. The highest BCUT2D eigenvalue weighted by Gasteiger charge is 2.48. The standard InChI is InChI=1S/C21H18F2N4O3/c22-14-7-21(8-14,18-16(23)2-1-5-24-18)11-27-20-25-9-13(10-26-20)15-6-12(19(29)30)3-4-17(15)28/h1-6,9-10,14,28H,7-8,11H2,(H,29,30)(H,25,26,27)/t14-,21-. The molecule has 2 aromatic heterocycles. The van der Waals surface area contributed by atoms with Crippen molar-refractivity contribution >= 4 is 11.9 Å². The molecule has 0 radical (unpaired) electrons. The molecular formula is C21H18F2N4O3. The van der Waals surface area contributed by atoms with Gasteiger partial charge in [0.1, 0.15) is 17.7 Å². The molecule has 1 fully saturated rings. The number of carbonyl (C=O) groups is 1. The molecule has 0 atom stereocenters. The van der Waals surface area contributed by atoms with Crippen molar-refractivity contribution in [1.29, 1.82) is 0 Å². The average Bonchev–Trinajstić information content (AvgIpc) is 2.71. The van der Waals surface area contributed by atoms with E-state index in [1.54, 1.807) is 0 Å². The third-order valence-electron chi connectivity index (χ3n) is 5.28. The summed E-state index contributed by atoms with van der Waals surface area (Å²) < 4.78 is 27.9. The van der Waals surface area contributed by atoms with Gasteiger partial charge in [-0.3, -0.25) is 4.98 Å². The third kappa shape index (κ3) is 3.66. The normalized spacial score (nSPS) is 20.4. The number of anilines is 1. The van der Waals surface area contributed by atoms with Gasteiger partial charge in [0.2, 0.25) is 5.95 Å². The number of pyridine rings is 1. The van der Waals surface area contributed by atoms with Gasteiger partial charge in [-0.05, 0) is 43.2 Å². The first-order chi connectivity index (χ1) is 14.4. The third-order valence-corrected chi connectivity index (χ3v) is 5.28. The number of phenols is 1. The molecule has 0 spiro atoms. The van der Waals surface area contributed by atoms with Crippen LogP contribution in [0.3, 0.4) is 0 Å². The minimum absolute atomic E-state index is 0.0232. The zero-order valence-electron chi connectivity index (χ0n) is 15.7. The summed E-state index contributed by atoms with van der Waals surface area (Å²) in [4.78, 5) is 23.6. The summed E-state index contributed by atoms with van der Waals surface area (Å²) in [5, 5.41) is 22.1. The topological polar surface area (TPSA) is 108 Å². The van der Waals surface area contributed by atoms with Crippen LogP contribution in [0.2, 0.25) is 0 Å². The van der Waals surface area contributed by atoms with E-state index in [1.807, 2.05) is 0 Å². The Morgan fingerprint density at radius 1 is 1.20 bits per heavy atom. The molecule has 1 saturated carbocycles. The second-order valence-electron chi connectivity index (χ2n) is 7.31. The van der Waals surface area contributed by atoms with Crippen LogP contribution in [0.5, 0.6) is 5.75 Å². The molecule has 0 saturated heterocycles. The molecule has 9 heteroatoms. The van der Waals surface area contributed by atoms with Gasteiger partial charge in [-0.1, -0.05) is 0 Å². The lowest BCUT2D eigenvalue weighted by atomic mass is 9.65. The summed E-state index contributed by atoms with van der Waals surface area (Å²) in [5.74, 6) is -1.45. The van der Waals surface area contributed by atoms with Gasteiger partial charge in [0, 0.05) is 41.7 Å². The van der Waals surface area contributed by atoms with Gasteiger partial charge in [-0.25, -0.2) is 23.5 Å². The number of halogens is 2. The molecule has 7 nitrogen and oxygen atoms in total. The highest BCUT2D eigenvalue weighted by Crippen LogP contribution is 2.45. The lowest BCUT2D eigenvalue weighted by Gasteiger charge is -2.43. The van der Waals surface area contributed by atoms with Gasteiger partial charge in [0.05, 0.1) is 11.3 Å². The molecule has 3 aromatic rings. The Kier molecular flexibility index (Phi) is 5.03. The van der Waals surface area contributed by atoms with E-state index in [1.165, 1.54) is 48.9 Å². The van der Waals surface area contributed by atoms with E-state index in [2.05, 4.69) is 20.3 Å². The number of hydrogen-bond acceptors (Lipinski definition) is 6. The molecule has 154 valence electrons. The van der Waals surface area contributed by atoms with E-state index in [0.29, 0.717) is 5.56 Å². The van der Waals surface area contributed by atoms with Crippen molar-refractivity contribution < 1.29 is 23.8 Å². The monoisotopic (exact) mass is 412 g/mol. The van der Waals surface area contributed by atoms with Crippen molar-refractivity contribution in [2.24, 2.45) is 0 Å². The van der Waals surface area contributed by atoms with Crippen molar-refractivity contribution in [2.75, 3.05) is 11.9 Å². The van der Waals surface area contributed by atoms with E-state index >= 15 is 0 Å². The summed E-state index contributed by atoms with van der Waals surface area (Å²) in [6.07, 6.45) is 3.64. The number of carboxylic acid groups (broad SMARTS) is 1. The number of phenolic OH excluding ortho intramolecular Hbond substituents is 1. The predicted molar refractivity (Wildman–Crippen MR) is 105 cm³/mol. The Morgan fingerprint density at radius 3 is 2.57 bits per heavy atom. The van der Waals surface area contributed by atoms with E-state index < -0.39 is 23.4 Å². The van der Waals surface area contributed by atoms with Crippen molar-refractivity contribution in [3.05, 3.63) is 66.0 Å². The first-order valence-corrected chi connectivity index (χ1v) is 9.26. The summed E-state index contributed by atoms with van der Waals surface area (Å²) in [7, 11) is 0. The zero-order valence-corrected chi connectivity index (χ0v) is 15.7. The molecule has 2 heterocycles. The summed E-state index contributed by atoms with van der Waals surface area (Å²) >= 11 is 0. The number of carboxylic acids is 1. The summed E-state index contributed by atoms with van der Waals surface area (Å²) in [6.45, 7) is 0.209. The predicted octanol–water partition coefficient (Wildman–Crippen LogP) is 3.56. The highest BCUT2D eigenvalue weighted by molar-refractivity contribution is 5.90. The van der Waals surface area contributed by atoms with Crippen molar-refractivity contribution in [2.45, 2.75) is 24.4 Å². The van der Waals surface area contributed by atoms with Gasteiger partial charge < -0.3 is 15.5 Å². The smallest absolute Gasteiger partial charge is 0.335 e. The lowest BCUT2D eigenvalue weighted by molar-refractivity contribution is 0.0697. The van der Waals surface area contributed by atoms with Crippen molar-refractivity contribution in [3.63, 3.8) is 0 Å². The number of aromatic nitrogens is 3. The average molecular weight is 412 g/mol. The van der Waals surface area contributed by atoms with Crippen LogP contribution in [0.4, 0.5) is 14.7 Å². The molecule has 1 aromatic carbocycles. The fourth-order valence-corrected chi connectivity index (χ4v) is 3.69. The maximum absolute atomic E-state index is 14.2. The quantitative estimate of drug-likeness (QED) is 0.568. The van der Waals surface area contributed by atoms with Crippen LogP contribution in [0.15, 0.2) is 48.9 Å². The molecule has 0 aliphatic heterocycles. The number of nitrogens with zero attached hydrogens (tertiary/aromatic N) is 3. The molecule has 4 rings (SSSR count). The first-order valence-electron chi connectivity index (χ1n) is 9.26. The fourth-order valence-electron chi connectivity index (χ4n) is 3.69. The summed E-state index contributed by atoms with van der Waals surface area (Å²) in [6, 6.07) is 6.71. The van der Waals surface area contributed by atoms with Gasteiger partial charge in [0.15, 0.2) is 0 Å². The van der Waals surface area contributed by atoms with Crippen LogP contribution in [0.25, 0.3) is 11.1 Å². The highest BCUT2D eigenvalue weighted by atomic mass is 19.1. The van der Waals surface area contributed by atoms with Crippen LogP contribution in [0, 0.1) is 5.82 Å². The molecule has 0 bridgehead atoms. The minimum Gasteiger partial charge on any atom is -0.507 e. The second kappa shape index (κ2) is 7.66. The van der Waals surface area contributed by atoms with Gasteiger partial charge in [-0.15, -0.1) is 0 Å². The van der Waals surface area contributed by atoms with Crippen molar-refractivity contribution in [1.82, 2.24) is 15.0 Å². The van der Waals surface area contributed by atoms with Crippen LogP contribution in [-0.4, -0.2) is 43.9 Å². The maximum atomic E-state index is 14.2. The lowest BCUT2D eigenvalue weighted by Crippen LogP contribution is -2.49. The number of nitrogens with one attached hydrogen (secondary N) is 1. The van der Waals surface area contributed by atoms with E-state index in [4.69, 9.17) is 5.11 Å². The Labute approximate surface area is 170 Å². The van der Waals surface area contributed by atoms with Gasteiger partial charge in [-0.2, -0.15) is 0 Å². The number of alkyl halides is 1. The van der Waals surface area contributed by atoms with Crippen molar-refractivity contribution in [3.8, 4) is 16.9 Å². The van der Waals surface area contributed by atoms with Crippen LogP contribution >= 0.6 is 0 Å². The van der Waals surface area contributed by atoms with Gasteiger partial charge >= 0.3 is 5.97 Å². The van der Waals surface area contributed by atoms with E-state index in [9.17, 15) is 18.7 Å². The molecule has 0 unspecified atom stereocenters. The molecule has 1 aliphatic carbocycles. The van der Waals surface area contributed by atoms with Crippen LogP contribution < -0.4 is 5.32 Å². The fraction of sp³-hybridized carbons (Fsp3) is 0.238. The number of benzene rings is 1. The second-order valence-corrected chi connectivity index (χ2v) is 7.31. The molecular weight excluding hydrogens is 394 g/mol. The van der Waals surface area contributed by atoms with Gasteiger partial charge in [0.25, 0.3) is 0 Å². The number of rotatable bonds is 6. The first kappa shape index (κ1) is 19.7. The Bertz CT molecular complexity index is 1090. The number of hydrogen-bond donors (Lipinski definition) is 3. The molecule has 1 aliphatic rings. The summed E-state index contributed by atoms with van der Waals surface area (Å²) in [5.41, 5.74) is 0.182. The SMILES string of the molecule is O=C(O)c1ccc(O)c(-c2cnc(NC[C@]3(c4ncccc4F)C[C@H](F)C3)nc2)c1. The number of aromatic hydroxyl groups is 1. The van der Waals surface area contributed by atoms with Crippen LogP contribution in [-0.2, 0) is 5.41 Å². The Morgan fingerprint density at radius 2 is 1.93 bits per heavy atom. The van der Waals surface area contributed by atoms with E-state index in [0.717, 1.165) is 0 Å². The van der Waals surface area contributed by atoms with E-state index in [-0.39, 0.29) is 47.9 Å². The maximum Gasteiger partial charge on any atom is 0.335 e. The molecule has 0 amide bonds.